The summed E-state index contributed by atoms with van der Waals surface area (Å²) in [5, 5.41) is 0. The van der Waals surface area contributed by atoms with Gasteiger partial charge in [0, 0.05) is 13.0 Å². The van der Waals surface area contributed by atoms with Crippen LogP contribution >= 0.6 is 0 Å². The van der Waals surface area contributed by atoms with E-state index in [1.165, 1.54) is 19.1 Å². The molecule has 1 fully saturated rings. The van der Waals surface area contributed by atoms with Gasteiger partial charge in [-0.3, -0.25) is 14.4 Å². The molecular weight excluding hydrogens is 451 g/mol. The molecule has 2 rings (SSSR count). The van der Waals surface area contributed by atoms with Crippen molar-refractivity contribution in [2.45, 2.75) is 104 Å². The van der Waals surface area contributed by atoms with Crippen molar-refractivity contribution in [2.24, 2.45) is 17.1 Å². The van der Waals surface area contributed by atoms with E-state index in [4.69, 9.17) is 15.2 Å². The van der Waals surface area contributed by atoms with Gasteiger partial charge in [0.05, 0.1) is 23.4 Å². The van der Waals surface area contributed by atoms with Crippen molar-refractivity contribution in [1.29, 1.82) is 0 Å². The highest BCUT2D eigenvalue weighted by Crippen LogP contribution is 2.47. The van der Waals surface area contributed by atoms with Crippen molar-refractivity contribution in [3.8, 4) is 0 Å². The van der Waals surface area contributed by atoms with Crippen molar-refractivity contribution in [2.75, 3.05) is 0 Å². The third-order valence-electron chi connectivity index (χ3n) is 7.44. The number of benzene rings is 1. The van der Waals surface area contributed by atoms with Crippen LogP contribution in [0.1, 0.15) is 91.7 Å². The Morgan fingerprint density at radius 3 is 2.23 bits per heavy atom. The Kier molecular flexibility index (Phi) is 10.2. The van der Waals surface area contributed by atoms with Crippen molar-refractivity contribution in [3.05, 3.63) is 35.6 Å². The molecule has 196 valence electrons. The maximum absolute atomic E-state index is 14.0. The van der Waals surface area contributed by atoms with E-state index in [-0.39, 0.29) is 17.6 Å². The minimum absolute atomic E-state index is 0.251. The van der Waals surface area contributed by atoms with Crippen LogP contribution in [0.3, 0.4) is 0 Å². The van der Waals surface area contributed by atoms with E-state index >= 15 is 0 Å². The fourth-order valence-electron chi connectivity index (χ4n) is 5.26. The predicted octanol–water partition coefficient (Wildman–Crippen LogP) is 4.88. The fraction of sp³-hybridized carbons (Fsp3) is 0.667. The average Bonchev–Trinajstić information content (AvgIpc) is 3.25. The number of halogens is 1. The summed E-state index contributed by atoms with van der Waals surface area (Å²) in [6, 6.07) is 4.51. The van der Waals surface area contributed by atoms with E-state index in [0.29, 0.717) is 44.1 Å². The summed E-state index contributed by atoms with van der Waals surface area (Å²) < 4.78 is 25.1. The Morgan fingerprint density at radius 2 is 1.71 bits per heavy atom. The van der Waals surface area contributed by atoms with Crippen LogP contribution in [0, 0.1) is 17.2 Å². The van der Waals surface area contributed by atoms with Crippen LogP contribution in [0.15, 0.2) is 24.3 Å². The van der Waals surface area contributed by atoms with Gasteiger partial charge in [-0.15, -0.1) is 0 Å². The summed E-state index contributed by atoms with van der Waals surface area (Å²) in [6.07, 6.45) is 2.17. The SMILES string of the molecule is CCC(CC)C(=O)OC(C)OC(=O)C(CC)(CC)[C@H]1CC[C@@H](c2cccc(F)c2)N1C(=O)[C@@H](C)N. The van der Waals surface area contributed by atoms with Gasteiger partial charge in [-0.2, -0.15) is 0 Å². The standard InChI is InChI=1S/C27H41FN2O5/c1-7-19(8-2)25(32)34-18(6)35-26(33)27(9-3,10-4)23-15-14-22(30(23)24(31)17(5)29)20-12-11-13-21(28)16-20/h11-13,16-19,22-23H,7-10,14-15,29H2,1-6H3/t17-,18?,22+,23-/m1/s1. The quantitative estimate of drug-likeness (QED) is 0.349. The first-order chi connectivity index (χ1) is 16.6. The molecule has 0 aliphatic carbocycles. The van der Waals surface area contributed by atoms with Gasteiger partial charge in [-0.1, -0.05) is 39.8 Å². The van der Waals surface area contributed by atoms with E-state index in [9.17, 15) is 18.8 Å². The summed E-state index contributed by atoms with van der Waals surface area (Å²) in [5.74, 6) is -1.84. The van der Waals surface area contributed by atoms with Crippen LogP contribution in [0.2, 0.25) is 0 Å². The highest BCUT2D eigenvalue weighted by molar-refractivity contribution is 5.85. The zero-order valence-corrected chi connectivity index (χ0v) is 21.9. The molecule has 1 saturated heterocycles. The maximum atomic E-state index is 14.0. The first kappa shape index (κ1) is 28.8. The van der Waals surface area contributed by atoms with Crippen LogP contribution in [-0.2, 0) is 23.9 Å². The van der Waals surface area contributed by atoms with Crippen LogP contribution in [0.25, 0.3) is 0 Å². The van der Waals surface area contributed by atoms with Gasteiger partial charge in [-0.25, -0.2) is 4.39 Å². The molecule has 1 heterocycles. The maximum Gasteiger partial charge on any atom is 0.317 e. The number of nitrogens with zero attached hydrogens (tertiary/aromatic N) is 1. The molecule has 2 N–H and O–H groups in total. The minimum atomic E-state index is -1.05. The van der Waals surface area contributed by atoms with E-state index in [1.807, 2.05) is 27.7 Å². The number of hydrogen-bond acceptors (Lipinski definition) is 6. The number of amides is 1. The number of ether oxygens (including phenoxy) is 2. The lowest BCUT2D eigenvalue weighted by Gasteiger charge is -2.42. The normalized spacial score (nSPS) is 20.0. The molecule has 1 aliphatic rings. The summed E-state index contributed by atoms with van der Waals surface area (Å²) in [7, 11) is 0. The molecule has 1 aliphatic heterocycles. The second-order valence-electron chi connectivity index (χ2n) is 9.48. The minimum Gasteiger partial charge on any atom is -0.425 e. The number of carbonyl (C=O) groups excluding carboxylic acids is 3. The van der Waals surface area contributed by atoms with Gasteiger partial charge < -0.3 is 20.1 Å². The zero-order chi connectivity index (χ0) is 26.3. The lowest BCUT2D eigenvalue weighted by molar-refractivity contribution is -0.197. The Hall–Kier alpha value is -2.48. The molecule has 0 saturated carbocycles. The highest BCUT2D eigenvalue weighted by Gasteiger charge is 2.53. The molecule has 1 aromatic carbocycles. The monoisotopic (exact) mass is 492 g/mol. The molecule has 1 unspecified atom stereocenters. The molecule has 7 nitrogen and oxygen atoms in total. The molecule has 4 atom stereocenters. The molecule has 1 aromatic rings. The fourth-order valence-corrected chi connectivity index (χ4v) is 5.26. The predicted molar refractivity (Wildman–Crippen MR) is 131 cm³/mol. The molecule has 0 bridgehead atoms. The van der Waals surface area contributed by atoms with Crippen molar-refractivity contribution in [1.82, 2.24) is 4.90 Å². The lowest BCUT2D eigenvalue weighted by atomic mass is 9.74. The van der Waals surface area contributed by atoms with Gasteiger partial charge in [-0.05, 0) is 63.1 Å². The van der Waals surface area contributed by atoms with Crippen molar-refractivity contribution >= 4 is 17.8 Å². The highest BCUT2D eigenvalue weighted by atomic mass is 19.1. The third kappa shape index (κ3) is 6.21. The Balaban J connectivity index is 2.36. The smallest absolute Gasteiger partial charge is 0.317 e. The van der Waals surface area contributed by atoms with Crippen LogP contribution < -0.4 is 5.73 Å². The second kappa shape index (κ2) is 12.5. The number of carbonyl (C=O) groups is 3. The van der Waals surface area contributed by atoms with Crippen LogP contribution in [0.4, 0.5) is 4.39 Å². The summed E-state index contributed by atoms with van der Waals surface area (Å²) >= 11 is 0. The van der Waals surface area contributed by atoms with E-state index < -0.39 is 41.8 Å². The van der Waals surface area contributed by atoms with Crippen LogP contribution in [-0.4, -0.2) is 41.1 Å². The molecule has 0 aromatic heterocycles. The van der Waals surface area contributed by atoms with Crippen LogP contribution in [0.5, 0.6) is 0 Å². The van der Waals surface area contributed by atoms with Gasteiger partial charge >= 0.3 is 11.9 Å². The molecule has 8 heteroatoms. The first-order valence-electron chi connectivity index (χ1n) is 12.8. The number of esters is 2. The molecular formula is C27H41FN2O5. The number of hydrogen-bond donors (Lipinski definition) is 1. The number of nitrogens with two attached hydrogens (primary N) is 1. The Bertz CT molecular complexity index is 882. The molecule has 35 heavy (non-hydrogen) atoms. The topological polar surface area (TPSA) is 98.9 Å². The zero-order valence-electron chi connectivity index (χ0n) is 21.9. The molecule has 1 amide bonds. The van der Waals surface area contributed by atoms with Crippen molar-refractivity contribution < 1.29 is 28.2 Å². The van der Waals surface area contributed by atoms with Gasteiger partial charge in [0.25, 0.3) is 0 Å². The Labute approximate surface area is 208 Å². The van der Waals surface area contributed by atoms with Crippen molar-refractivity contribution in [3.63, 3.8) is 0 Å². The summed E-state index contributed by atoms with van der Waals surface area (Å²) in [5.41, 5.74) is 5.65. The third-order valence-corrected chi connectivity index (χ3v) is 7.44. The van der Waals surface area contributed by atoms with E-state index in [2.05, 4.69) is 0 Å². The molecule has 0 spiro atoms. The summed E-state index contributed by atoms with van der Waals surface area (Å²) in [4.78, 5) is 41.0. The van der Waals surface area contributed by atoms with Gasteiger partial charge in [0.15, 0.2) is 0 Å². The second-order valence-corrected chi connectivity index (χ2v) is 9.48. The largest absolute Gasteiger partial charge is 0.425 e. The van der Waals surface area contributed by atoms with E-state index in [0.717, 1.165) is 0 Å². The average molecular weight is 493 g/mol. The Morgan fingerprint density at radius 1 is 1.09 bits per heavy atom. The first-order valence-corrected chi connectivity index (χ1v) is 12.8. The lowest BCUT2D eigenvalue weighted by Crippen LogP contribution is -2.55. The van der Waals surface area contributed by atoms with Gasteiger partial charge in [0.2, 0.25) is 12.2 Å². The van der Waals surface area contributed by atoms with Gasteiger partial charge in [0.1, 0.15) is 5.82 Å². The number of rotatable bonds is 11. The molecule has 0 radical (unpaired) electrons. The number of likely N-dealkylation sites (tertiary alicyclic amines) is 1. The summed E-state index contributed by atoms with van der Waals surface area (Å²) in [6.45, 7) is 10.7. The van der Waals surface area contributed by atoms with E-state index in [1.54, 1.807) is 24.0 Å².